The third-order valence-corrected chi connectivity index (χ3v) is 7.65. The minimum Gasteiger partial charge on any atom is -0.344 e. The largest absolute Gasteiger partial charge is 0.344 e. The topological polar surface area (TPSA) is 152 Å². The Bertz CT molecular complexity index is 1410. The number of pyridine rings is 1. The summed E-state index contributed by atoms with van der Waals surface area (Å²) in [6.45, 7) is 2.63. The van der Waals surface area contributed by atoms with E-state index in [4.69, 9.17) is 5.73 Å². The van der Waals surface area contributed by atoms with Crippen LogP contribution in [0.25, 0.3) is 22.5 Å². The third kappa shape index (κ3) is 6.58. The highest BCUT2D eigenvalue weighted by Gasteiger charge is 2.29. The van der Waals surface area contributed by atoms with Crippen molar-refractivity contribution in [2.75, 3.05) is 11.9 Å². The molecule has 2 aromatic carbocycles. The Morgan fingerprint density at radius 3 is 2.38 bits per heavy atom. The highest BCUT2D eigenvalue weighted by Crippen LogP contribution is 2.28. The van der Waals surface area contributed by atoms with Crippen molar-refractivity contribution in [3.8, 4) is 22.5 Å². The van der Waals surface area contributed by atoms with Gasteiger partial charge >= 0.3 is 0 Å². The fourth-order valence-corrected chi connectivity index (χ4v) is 5.22. The lowest BCUT2D eigenvalue weighted by molar-refractivity contribution is -0.130. The summed E-state index contributed by atoms with van der Waals surface area (Å²) >= 11 is 0. The van der Waals surface area contributed by atoms with E-state index in [9.17, 15) is 9.59 Å². The van der Waals surface area contributed by atoms with E-state index in [-0.39, 0.29) is 17.7 Å². The van der Waals surface area contributed by atoms with E-state index in [1.54, 1.807) is 18.3 Å². The second-order valence-corrected chi connectivity index (χ2v) is 10.4. The maximum atomic E-state index is 13.5. The number of hydrogen-bond acceptors (Lipinski definition) is 7. The van der Waals surface area contributed by atoms with Crippen LogP contribution in [-0.2, 0) is 16.0 Å². The van der Waals surface area contributed by atoms with Gasteiger partial charge in [0.1, 0.15) is 6.04 Å². The molecule has 1 fully saturated rings. The van der Waals surface area contributed by atoms with E-state index >= 15 is 0 Å². The van der Waals surface area contributed by atoms with Crippen molar-refractivity contribution in [1.29, 1.82) is 0 Å². The molecule has 206 valence electrons. The minimum absolute atomic E-state index is 0.0781. The number of nitrogens with one attached hydrogen (secondary N) is 3. The van der Waals surface area contributed by atoms with Gasteiger partial charge in [-0.05, 0) is 91.7 Å². The number of tetrazole rings is 1. The molecule has 1 saturated carbocycles. The van der Waals surface area contributed by atoms with E-state index in [1.807, 2.05) is 55.5 Å². The molecule has 2 amide bonds. The van der Waals surface area contributed by atoms with Crippen LogP contribution < -0.4 is 16.4 Å². The van der Waals surface area contributed by atoms with E-state index in [2.05, 4.69) is 36.2 Å². The fourth-order valence-electron chi connectivity index (χ4n) is 5.22. The summed E-state index contributed by atoms with van der Waals surface area (Å²) < 4.78 is 0. The molecule has 40 heavy (non-hydrogen) atoms. The number of carbonyl (C=O) groups excluding carboxylic acids is 2. The number of hydrogen-bond donors (Lipinski definition) is 4. The molecular weight excluding hydrogens is 504 g/mol. The Labute approximate surface area is 233 Å². The number of rotatable bonds is 9. The number of benzene rings is 2. The molecule has 0 bridgehead atoms. The van der Waals surface area contributed by atoms with Crippen LogP contribution >= 0.6 is 0 Å². The molecule has 1 aliphatic rings. The number of aromatic nitrogens is 5. The second kappa shape index (κ2) is 12.6. The summed E-state index contributed by atoms with van der Waals surface area (Å²) in [4.78, 5) is 31.1. The van der Waals surface area contributed by atoms with Gasteiger partial charge in [0.05, 0.1) is 0 Å². The first-order chi connectivity index (χ1) is 19.5. The van der Waals surface area contributed by atoms with Crippen LogP contribution in [0.4, 0.5) is 5.69 Å². The molecule has 2 heterocycles. The van der Waals surface area contributed by atoms with Crippen LogP contribution in [0.15, 0.2) is 66.9 Å². The minimum atomic E-state index is -0.734. The Kier molecular flexibility index (Phi) is 8.56. The Morgan fingerprint density at radius 1 is 1.00 bits per heavy atom. The highest BCUT2D eigenvalue weighted by atomic mass is 16.2. The van der Waals surface area contributed by atoms with Gasteiger partial charge in [0.15, 0.2) is 0 Å². The van der Waals surface area contributed by atoms with Crippen molar-refractivity contribution in [3.63, 3.8) is 0 Å². The van der Waals surface area contributed by atoms with Gasteiger partial charge in [0.2, 0.25) is 17.6 Å². The summed E-state index contributed by atoms with van der Waals surface area (Å²) in [7, 11) is 0. The van der Waals surface area contributed by atoms with Gasteiger partial charge in [-0.3, -0.25) is 14.6 Å². The standard InChI is InChI=1S/C30H34N8O2/c1-19-26(3-2-16-32-19)22-8-4-20(5-9-22)17-27(34-29(39)24-10-6-21(18-31)7-11-24)30(40)33-25-14-12-23(13-15-25)28-35-37-38-36-28/h2-5,8-9,12-16,21,24,27H,6-7,10-11,17-18,31H2,1H3,(H,33,40)(H,34,39)(H,35,36,37,38)/t21?,24?,27-/m0/s1. The second-order valence-electron chi connectivity index (χ2n) is 10.4. The normalized spacial score (nSPS) is 17.6. The van der Waals surface area contributed by atoms with Crippen LogP contribution in [0.2, 0.25) is 0 Å². The number of aryl methyl sites for hydroxylation is 1. The number of carbonyl (C=O) groups is 2. The quantitative estimate of drug-likeness (QED) is 0.254. The zero-order valence-corrected chi connectivity index (χ0v) is 22.5. The lowest BCUT2D eigenvalue weighted by Gasteiger charge is -2.28. The van der Waals surface area contributed by atoms with Crippen molar-refractivity contribution in [2.45, 2.75) is 45.1 Å². The Morgan fingerprint density at radius 2 is 1.73 bits per heavy atom. The monoisotopic (exact) mass is 538 g/mol. The van der Waals surface area contributed by atoms with Crippen molar-refractivity contribution < 1.29 is 9.59 Å². The van der Waals surface area contributed by atoms with Crippen LogP contribution in [0, 0.1) is 18.8 Å². The van der Waals surface area contributed by atoms with Crippen LogP contribution in [0.3, 0.4) is 0 Å². The highest BCUT2D eigenvalue weighted by molar-refractivity contribution is 5.97. The molecule has 2 aromatic heterocycles. The third-order valence-electron chi connectivity index (χ3n) is 7.65. The van der Waals surface area contributed by atoms with Crippen molar-refractivity contribution in [1.82, 2.24) is 30.9 Å². The first-order valence-electron chi connectivity index (χ1n) is 13.7. The average Bonchev–Trinajstić information content (AvgIpc) is 3.53. The lowest BCUT2D eigenvalue weighted by atomic mass is 9.81. The SMILES string of the molecule is Cc1ncccc1-c1ccc(C[C@H](NC(=O)C2CCC(CN)CC2)C(=O)Nc2ccc(-c3nn[nH]n3)cc2)cc1. The molecule has 10 nitrogen and oxygen atoms in total. The molecule has 0 radical (unpaired) electrons. The van der Waals surface area contributed by atoms with Crippen LogP contribution in [0.1, 0.15) is 36.9 Å². The summed E-state index contributed by atoms with van der Waals surface area (Å²) in [5, 5.41) is 20.0. The smallest absolute Gasteiger partial charge is 0.247 e. The van der Waals surface area contributed by atoms with Gasteiger partial charge in [-0.15, -0.1) is 10.2 Å². The first-order valence-corrected chi connectivity index (χ1v) is 13.7. The number of nitrogens with two attached hydrogens (primary N) is 1. The number of amides is 2. The lowest BCUT2D eigenvalue weighted by Crippen LogP contribution is -2.48. The van der Waals surface area contributed by atoms with Crippen LogP contribution in [0.5, 0.6) is 0 Å². The van der Waals surface area contributed by atoms with Gasteiger partial charge in [-0.2, -0.15) is 5.21 Å². The summed E-state index contributed by atoms with van der Waals surface area (Å²) in [5.74, 6) is 0.482. The van der Waals surface area contributed by atoms with Crippen molar-refractivity contribution in [3.05, 3.63) is 78.1 Å². The number of H-pyrrole nitrogens is 1. The van der Waals surface area contributed by atoms with Crippen molar-refractivity contribution in [2.24, 2.45) is 17.6 Å². The average molecular weight is 539 g/mol. The maximum absolute atomic E-state index is 13.5. The molecule has 0 spiro atoms. The Hall–Kier alpha value is -4.44. The van der Waals surface area contributed by atoms with Gasteiger partial charge in [-0.1, -0.05) is 30.3 Å². The van der Waals surface area contributed by atoms with E-state index in [1.165, 1.54) is 0 Å². The molecule has 0 aliphatic heterocycles. The zero-order valence-electron chi connectivity index (χ0n) is 22.5. The predicted octanol–water partition coefficient (Wildman–Crippen LogP) is 3.67. The van der Waals surface area contributed by atoms with Gasteiger partial charge < -0.3 is 16.4 Å². The first kappa shape index (κ1) is 27.1. The van der Waals surface area contributed by atoms with E-state index < -0.39 is 6.04 Å². The van der Waals surface area contributed by atoms with Crippen molar-refractivity contribution >= 4 is 17.5 Å². The van der Waals surface area contributed by atoms with Gasteiger partial charge in [0, 0.05) is 41.0 Å². The molecule has 0 saturated heterocycles. The molecule has 4 aromatic rings. The summed E-state index contributed by atoms with van der Waals surface area (Å²) in [6, 6.07) is 18.5. The Balaban J connectivity index is 1.30. The van der Waals surface area contributed by atoms with E-state index in [0.29, 0.717) is 30.4 Å². The molecule has 10 heteroatoms. The molecular formula is C30H34N8O2. The van der Waals surface area contributed by atoms with Crippen LogP contribution in [-0.4, -0.2) is 50.0 Å². The summed E-state index contributed by atoms with van der Waals surface area (Å²) in [6.07, 6.45) is 5.60. The molecule has 0 unspecified atom stereocenters. The predicted molar refractivity (Wildman–Crippen MR) is 153 cm³/mol. The molecule has 5 rings (SSSR count). The number of nitrogens with zero attached hydrogens (tertiary/aromatic N) is 4. The summed E-state index contributed by atoms with van der Waals surface area (Å²) in [5.41, 5.74) is 11.2. The number of anilines is 1. The van der Waals surface area contributed by atoms with Gasteiger partial charge in [-0.25, -0.2) is 0 Å². The fraction of sp³-hybridized carbons (Fsp3) is 0.333. The van der Waals surface area contributed by atoms with Gasteiger partial charge in [0.25, 0.3) is 0 Å². The van der Waals surface area contributed by atoms with E-state index in [0.717, 1.165) is 53.6 Å². The molecule has 1 atom stereocenters. The molecule has 5 N–H and O–H groups in total. The zero-order chi connectivity index (χ0) is 27.9. The number of aromatic amines is 1. The molecule has 1 aliphatic carbocycles. The maximum Gasteiger partial charge on any atom is 0.247 e.